The molecule has 4 nitrogen and oxygen atoms in total. The van der Waals surface area contributed by atoms with Gasteiger partial charge in [-0.15, -0.1) is 0 Å². The molecule has 0 saturated heterocycles. The molecule has 0 amide bonds. The first-order valence-corrected chi connectivity index (χ1v) is 10.5. The lowest BCUT2D eigenvalue weighted by Crippen LogP contribution is -2.43. The van der Waals surface area contributed by atoms with Crippen LogP contribution in [0.25, 0.3) is 0 Å². The van der Waals surface area contributed by atoms with E-state index in [-0.39, 0.29) is 12.1 Å². The third kappa shape index (κ3) is 3.24. The van der Waals surface area contributed by atoms with E-state index in [1.165, 1.54) is 16.7 Å². The zero-order chi connectivity index (χ0) is 17.4. The summed E-state index contributed by atoms with van der Waals surface area (Å²) >= 11 is 0. The molecule has 0 radical (unpaired) electrons. The molecule has 0 saturated carbocycles. The van der Waals surface area contributed by atoms with Crippen molar-refractivity contribution in [1.82, 2.24) is 10.0 Å². The molecular formula is C20H24N2O2S. The number of sulfonamides is 1. The third-order valence-electron chi connectivity index (χ3n) is 5.47. The van der Waals surface area contributed by atoms with Crippen molar-refractivity contribution < 1.29 is 8.42 Å². The number of fused-ring (bicyclic) bond motifs is 2. The second-order valence-electron chi connectivity index (χ2n) is 7.05. The monoisotopic (exact) mass is 356 g/mol. The van der Waals surface area contributed by atoms with Crippen LogP contribution in [0.2, 0.25) is 0 Å². The van der Waals surface area contributed by atoms with Crippen molar-refractivity contribution in [3.8, 4) is 0 Å². The summed E-state index contributed by atoms with van der Waals surface area (Å²) in [6.45, 7) is 1.74. The lowest BCUT2D eigenvalue weighted by Gasteiger charge is -2.23. The van der Waals surface area contributed by atoms with Crippen molar-refractivity contribution >= 4 is 10.0 Å². The van der Waals surface area contributed by atoms with Gasteiger partial charge in [0.15, 0.2) is 0 Å². The van der Waals surface area contributed by atoms with E-state index in [4.69, 9.17) is 0 Å². The minimum Gasteiger partial charge on any atom is -0.293 e. The van der Waals surface area contributed by atoms with Crippen molar-refractivity contribution in [2.45, 2.75) is 50.1 Å². The molecule has 3 atom stereocenters. The normalized spacial score (nSPS) is 23.2. The average molecular weight is 356 g/mol. The highest BCUT2D eigenvalue weighted by Crippen LogP contribution is 2.33. The number of rotatable bonds is 5. The van der Waals surface area contributed by atoms with E-state index in [0.717, 1.165) is 31.2 Å². The van der Waals surface area contributed by atoms with Gasteiger partial charge in [0.1, 0.15) is 5.37 Å². The molecule has 3 unspecified atom stereocenters. The average Bonchev–Trinajstić information content (AvgIpc) is 3.20. The summed E-state index contributed by atoms with van der Waals surface area (Å²) in [4.78, 5) is 0. The van der Waals surface area contributed by atoms with Crippen LogP contribution in [-0.2, 0) is 22.9 Å². The van der Waals surface area contributed by atoms with Crippen molar-refractivity contribution in [3.63, 3.8) is 0 Å². The molecule has 132 valence electrons. The Morgan fingerprint density at radius 3 is 2.04 bits per heavy atom. The van der Waals surface area contributed by atoms with Crippen molar-refractivity contribution in [2.75, 3.05) is 0 Å². The van der Waals surface area contributed by atoms with Crippen molar-refractivity contribution in [2.24, 2.45) is 0 Å². The summed E-state index contributed by atoms with van der Waals surface area (Å²) in [5.41, 5.74) is 4.92. The van der Waals surface area contributed by atoms with Crippen LogP contribution in [0.3, 0.4) is 0 Å². The first-order valence-electron chi connectivity index (χ1n) is 8.97. The molecule has 4 rings (SSSR count). The Balaban J connectivity index is 1.46. The van der Waals surface area contributed by atoms with Crippen LogP contribution in [0, 0.1) is 0 Å². The van der Waals surface area contributed by atoms with Gasteiger partial charge in [-0.2, -0.15) is 0 Å². The molecule has 25 heavy (non-hydrogen) atoms. The van der Waals surface area contributed by atoms with Gasteiger partial charge in [-0.1, -0.05) is 48.5 Å². The van der Waals surface area contributed by atoms with Crippen LogP contribution in [0.4, 0.5) is 0 Å². The fraction of sp³-hybridized carbons (Fsp3) is 0.400. The van der Waals surface area contributed by atoms with E-state index in [1.807, 2.05) is 30.3 Å². The summed E-state index contributed by atoms with van der Waals surface area (Å²) in [5.74, 6) is 0. The second-order valence-corrected chi connectivity index (χ2v) is 9.08. The Morgan fingerprint density at radius 1 is 0.880 bits per heavy atom. The van der Waals surface area contributed by atoms with Crippen molar-refractivity contribution in [1.29, 1.82) is 0 Å². The Hall–Kier alpha value is -1.69. The maximum absolute atomic E-state index is 12.8. The van der Waals surface area contributed by atoms with E-state index in [2.05, 4.69) is 28.2 Å². The molecule has 2 aromatic carbocycles. The van der Waals surface area contributed by atoms with Crippen LogP contribution in [-0.4, -0.2) is 13.8 Å². The highest BCUT2D eigenvalue weighted by atomic mass is 32.2. The van der Waals surface area contributed by atoms with E-state index >= 15 is 0 Å². The fourth-order valence-electron chi connectivity index (χ4n) is 4.08. The van der Waals surface area contributed by atoms with Gasteiger partial charge in [0.25, 0.3) is 0 Å². The molecule has 0 spiro atoms. The zero-order valence-corrected chi connectivity index (χ0v) is 15.2. The predicted molar refractivity (Wildman–Crippen MR) is 99.7 cm³/mol. The van der Waals surface area contributed by atoms with Crippen molar-refractivity contribution in [3.05, 3.63) is 70.8 Å². The number of nitrogens with one attached hydrogen (secondary N) is 2. The molecule has 2 aliphatic carbocycles. The summed E-state index contributed by atoms with van der Waals surface area (Å²) in [7, 11) is -3.44. The lowest BCUT2D eigenvalue weighted by molar-refractivity contribution is 0.482. The van der Waals surface area contributed by atoms with Crippen LogP contribution in [0.1, 0.15) is 54.1 Å². The molecule has 5 heteroatoms. The molecule has 0 fully saturated rings. The Kier molecular flexibility index (Phi) is 4.40. The topological polar surface area (TPSA) is 58.2 Å². The van der Waals surface area contributed by atoms with Gasteiger partial charge >= 0.3 is 0 Å². The van der Waals surface area contributed by atoms with Crippen LogP contribution in [0.5, 0.6) is 0 Å². The first-order chi connectivity index (χ1) is 12.0. The van der Waals surface area contributed by atoms with E-state index in [9.17, 15) is 8.42 Å². The first kappa shape index (κ1) is 16.8. The van der Waals surface area contributed by atoms with E-state index in [0.29, 0.717) is 0 Å². The van der Waals surface area contributed by atoms with Gasteiger partial charge < -0.3 is 0 Å². The highest BCUT2D eigenvalue weighted by Gasteiger charge is 2.32. The summed E-state index contributed by atoms with van der Waals surface area (Å²) in [6, 6.07) is 16.4. The maximum Gasteiger partial charge on any atom is 0.227 e. The van der Waals surface area contributed by atoms with Gasteiger partial charge in [0.05, 0.1) is 0 Å². The highest BCUT2D eigenvalue weighted by molar-refractivity contribution is 7.90. The summed E-state index contributed by atoms with van der Waals surface area (Å²) in [5, 5.41) is 2.69. The number of hydrogen-bond acceptors (Lipinski definition) is 3. The molecule has 0 bridgehead atoms. The Labute approximate surface area is 149 Å². The Morgan fingerprint density at radius 2 is 1.40 bits per heavy atom. The van der Waals surface area contributed by atoms with Crippen LogP contribution in [0.15, 0.2) is 48.5 Å². The smallest absolute Gasteiger partial charge is 0.227 e. The lowest BCUT2D eigenvalue weighted by atomic mass is 10.1. The number of benzene rings is 2. The molecule has 2 N–H and O–H groups in total. The van der Waals surface area contributed by atoms with Gasteiger partial charge in [0, 0.05) is 12.1 Å². The largest absolute Gasteiger partial charge is 0.293 e. The molecule has 0 aromatic heterocycles. The Bertz CT molecular complexity index is 879. The quantitative estimate of drug-likeness (QED) is 0.865. The van der Waals surface area contributed by atoms with Gasteiger partial charge in [-0.25, -0.2) is 13.1 Å². The predicted octanol–water partition coefficient (Wildman–Crippen LogP) is 3.22. The molecule has 2 aliphatic rings. The van der Waals surface area contributed by atoms with E-state index < -0.39 is 15.4 Å². The van der Waals surface area contributed by atoms with Gasteiger partial charge in [-0.3, -0.25) is 5.32 Å². The molecule has 2 aromatic rings. The molecule has 0 heterocycles. The molecular weight excluding hydrogens is 332 g/mol. The minimum atomic E-state index is -3.44. The summed E-state index contributed by atoms with van der Waals surface area (Å²) < 4.78 is 28.6. The standard InChI is InChI=1S/C20H24N2O2S/c1-14(21-19-12-10-15-6-2-4-8-17(15)19)25(23,24)22-20-13-11-16-7-3-5-9-18(16)20/h2-9,14,19-22H,10-13H2,1H3. The SMILES string of the molecule is CC(NC1CCc2ccccc21)S(=O)(=O)NC1CCc2ccccc21. The van der Waals surface area contributed by atoms with Gasteiger partial charge in [-0.05, 0) is 54.9 Å². The van der Waals surface area contributed by atoms with Gasteiger partial charge in [0.2, 0.25) is 10.0 Å². The summed E-state index contributed by atoms with van der Waals surface area (Å²) in [6.07, 6.45) is 3.72. The molecule has 0 aliphatic heterocycles. The zero-order valence-electron chi connectivity index (χ0n) is 14.4. The third-order valence-corrected chi connectivity index (χ3v) is 7.15. The fourth-order valence-corrected chi connectivity index (χ4v) is 5.27. The maximum atomic E-state index is 12.8. The van der Waals surface area contributed by atoms with Crippen LogP contribution >= 0.6 is 0 Å². The number of hydrogen-bond donors (Lipinski definition) is 2. The number of aryl methyl sites for hydroxylation is 2. The van der Waals surface area contributed by atoms with E-state index in [1.54, 1.807) is 6.92 Å². The van der Waals surface area contributed by atoms with Crippen LogP contribution < -0.4 is 10.0 Å². The minimum absolute atomic E-state index is 0.110. The second kappa shape index (κ2) is 6.56.